The summed E-state index contributed by atoms with van der Waals surface area (Å²) in [7, 11) is 0. The third kappa shape index (κ3) is 8.81. The molecule has 16 aromatic rings. The Balaban J connectivity index is 0.989. The van der Waals surface area contributed by atoms with Gasteiger partial charge in [0.2, 0.25) is 0 Å². The largest absolute Gasteiger partial charge is 0.454 e. The molecule has 0 bridgehead atoms. The van der Waals surface area contributed by atoms with Gasteiger partial charge in [-0.05, 0) is 138 Å². The molecule has 0 saturated carbocycles. The topological polar surface area (TPSA) is 32.8 Å². The predicted octanol–water partition coefficient (Wildman–Crippen LogP) is 24.6. The SMILES string of the molecule is CC(C)(C)c1cccc2c1oc1c(N(c3cc(-c4ccccc4)cc(-c4ccccc4)c3)c3ccc4ccc5c(N(c6cc(-c7ccccc7)cc(-c7ccccc7)c6)c6cccc7c6oc6c(C(C)(C)C)cccc67)ccc6ccc3c4c65)cccc12. The number of fused-ring (bicyclic) bond motifs is 6. The summed E-state index contributed by atoms with van der Waals surface area (Å²) in [4.78, 5) is 4.93. The zero-order valence-corrected chi connectivity index (χ0v) is 50.3. The molecule has 0 unspecified atom stereocenters. The number of benzene rings is 14. The molecule has 2 heterocycles. The lowest BCUT2D eigenvalue weighted by Crippen LogP contribution is -2.12. The van der Waals surface area contributed by atoms with Gasteiger partial charge in [-0.15, -0.1) is 0 Å². The summed E-state index contributed by atoms with van der Waals surface area (Å²) in [6.07, 6.45) is 0. The van der Waals surface area contributed by atoms with Crippen LogP contribution in [0.5, 0.6) is 0 Å². The van der Waals surface area contributed by atoms with E-state index >= 15 is 0 Å². The third-order valence-corrected chi connectivity index (χ3v) is 18.0. The molecule has 16 rings (SSSR count). The normalized spacial score (nSPS) is 12.2. The first-order chi connectivity index (χ1) is 42.9. The molecule has 0 amide bonds. The maximum Gasteiger partial charge on any atom is 0.159 e. The Morgan fingerprint density at radius 1 is 0.239 bits per heavy atom. The van der Waals surface area contributed by atoms with Crippen LogP contribution in [0, 0.1) is 0 Å². The summed E-state index contributed by atoms with van der Waals surface area (Å²) in [5.74, 6) is 0. The van der Waals surface area contributed by atoms with Crippen molar-refractivity contribution in [3.8, 4) is 44.5 Å². The Labute approximate surface area is 513 Å². The van der Waals surface area contributed by atoms with Crippen LogP contribution in [0.4, 0.5) is 34.1 Å². The van der Waals surface area contributed by atoms with Gasteiger partial charge in [-0.25, -0.2) is 0 Å². The van der Waals surface area contributed by atoms with Crippen molar-refractivity contribution in [2.75, 3.05) is 9.80 Å². The van der Waals surface area contributed by atoms with Gasteiger partial charge < -0.3 is 18.6 Å². The van der Waals surface area contributed by atoms with Crippen LogP contribution < -0.4 is 9.80 Å². The van der Waals surface area contributed by atoms with Gasteiger partial charge in [-0.1, -0.05) is 260 Å². The van der Waals surface area contributed by atoms with Crippen LogP contribution in [-0.2, 0) is 10.8 Å². The lowest BCUT2D eigenvalue weighted by atomic mass is 9.86. The average Bonchev–Trinajstić information content (AvgIpc) is 1.14. The second kappa shape index (κ2) is 20.5. The van der Waals surface area contributed by atoms with Gasteiger partial charge in [0, 0.05) is 54.8 Å². The maximum absolute atomic E-state index is 7.34. The minimum absolute atomic E-state index is 0.147. The van der Waals surface area contributed by atoms with Crippen LogP contribution in [0.1, 0.15) is 52.7 Å². The van der Waals surface area contributed by atoms with Crippen molar-refractivity contribution in [1.82, 2.24) is 0 Å². The smallest absolute Gasteiger partial charge is 0.159 e. The van der Waals surface area contributed by atoms with Gasteiger partial charge in [0.15, 0.2) is 11.2 Å². The van der Waals surface area contributed by atoms with Crippen LogP contribution in [0.15, 0.2) is 288 Å². The average molecular weight is 1130 g/mol. The van der Waals surface area contributed by atoms with E-state index in [0.29, 0.717) is 0 Å². The zero-order valence-electron chi connectivity index (χ0n) is 50.3. The number of hydrogen-bond donors (Lipinski definition) is 0. The van der Waals surface area contributed by atoms with Gasteiger partial charge in [-0.3, -0.25) is 0 Å². The molecule has 88 heavy (non-hydrogen) atoms. The second-order valence-electron chi connectivity index (χ2n) is 25.6. The summed E-state index contributed by atoms with van der Waals surface area (Å²) in [5.41, 5.74) is 20.7. The van der Waals surface area contributed by atoms with Crippen LogP contribution >= 0.6 is 0 Å². The number of hydrogen-bond acceptors (Lipinski definition) is 4. The Hall–Kier alpha value is -10.7. The molecule has 0 spiro atoms. The van der Waals surface area contributed by atoms with Gasteiger partial charge in [0.05, 0.1) is 22.7 Å². The number of rotatable bonds is 10. The standard InChI is InChI=1S/C84H64N2O2/c1-83(2,3)71-35-19-31-65-67-33-21-37-75(81(67)87-79(65)71)85(63-49-59(53-23-11-7-12-24-53)47-60(50-63)54-25-13-8-14-26-54)73-45-41-57-40-44-70-74(46-42-58-39-43-69(73)77(57)78(58)70)86(76-38-22-34-68-66-32-20-36-72(84(4,5)6)80(66)88-82(68)76)64-51-61(55-27-15-9-16-28-55)48-62(52-64)56-29-17-10-18-30-56/h7-52H,1-6H3. The fraction of sp³-hybridized carbons (Fsp3) is 0.0952. The highest BCUT2D eigenvalue weighted by molar-refractivity contribution is 6.29. The molecule has 0 radical (unpaired) electrons. The molecule has 0 aliphatic carbocycles. The van der Waals surface area contributed by atoms with E-state index in [1.807, 2.05) is 0 Å². The van der Waals surface area contributed by atoms with Gasteiger partial charge in [0.25, 0.3) is 0 Å². The fourth-order valence-electron chi connectivity index (χ4n) is 13.8. The lowest BCUT2D eigenvalue weighted by molar-refractivity contribution is 0.572. The molecule has 4 heteroatoms. The fourth-order valence-corrected chi connectivity index (χ4v) is 13.8. The first-order valence-electron chi connectivity index (χ1n) is 30.6. The molecule has 0 aliphatic rings. The molecule has 14 aromatic carbocycles. The highest BCUT2D eigenvalue weighted by atomic mass is 16.3. The predicted molar refractivity (Wildman–Crippen MR) is 373 cm³/mol. The summed E-state index contributed by atoms with van der Waals surface area (Å²) < 4.78 is 14.7. The van der Waals surface area contributed by atoms with E-state index in [-0.39, 0.29) is 10.8 Å². The number of furan rings is 2. The van der Waals surface area contributed by atoms with E-state index in [1.54, 1.807) is 0 Å². The molecule has 0 fully saturated rings. The molecule has 0 aliphatic heterocycles. The highest BCUT2D eigenvalue weighted by Gasteiger charge is 2.29. The first-order valence-corrected chi connectivity index (χ1v) is 30.6. The van der Waals surface area contributed by atoms with Crippen molar-refractivity contribution in [2.24, 2.45) is 0 Å². The lowest BCUT2D eigenvalue weighted by Gasteiger charge is -2.30. The minimum Gasteiger partial charge on any atom is -0.454 e. The highest BCUT2D eigenvalue weighted by Crippen LogP contribution is 2.53. The Morgan fingerprint density at radius 2 is 0.545 bits per heavy atom. The number of para-hydroxylation sites is 4. The van der Waals surface area contributed by atoms with Crippen molar-refractivity contribution < 1.29 is 8.83 Å². The van der Waals surface area contributed by atoms with E-state index in [9.17, 15) is 0 Å². The Kier molecular flexibility index (Phi) is 12.3. The Bertz CT molecular complexity index is 4880. The van der Waals surface area contributed by atoms with E-state index in [0.717, 1.165) is 144 Å². The first kappa shape index (κ1) is 52.8. The van der Waals surface area contributed by atoms with Gasteiger partial charge >= 0.3 is 0 Å². The second-order valence-corrected chi connectivity index (χ2v) is 25.6. The summed E-state index contributed by atoms with van der Waals surface area (Å²) in [6, 6.07) is 102. The van der Waals surface area contributed by atoms with Crippen molar-refractivity contribution in [3.05, 3.63) is 290 Å². The van der Waals surface area contributed by atoms with E-state index < -0.39 is 0 Å². The molecule has 0 N–H and O–H groups in total. The van der Waals surface area contributed by atoms with E-state index in [1.165, 1.54) is 21.9 Å². The monoisotopic (exact) mass is 1130 g/mol. The summed E-state index contributed by atoms with van der Waals surface area (Å²) in [6.45, 7) is 13.6. The summed E-state index contributed by atoms with van der Waals surface area (Å²) >= 11 is 0. The molecule has 0 saturated heterocycles. The molecular weight excluding hydrogens is 1070 g/mol. The van der Waals surface area contributed by atoms with Crippen LogP contribution in [0.3, 0.4) is 0 Å². The third-order valence-electron chi connectivity index (χ3n) is 18.0. The quantitative estimate of drug-likeness (QED) is 0.128. The van der Waals surface area contributed by atoms with Crippen LogP contribution in [0.25, 0.3) is 121 Å². The number of anilines is 6. The molecular formula is C84H64N2O2. The van der Waals surface area contributed by atoms with Crippen LogP contribution in [0.2, 0.25) is 0 Å². The van der Waals surface area contributed by atoms with Crippen molar-refractivity contribution in [2.45, 2.75) is 52.4 Å². The molecule has 2 aromatic heterocycles. The minimum atomic E-state index is -0.147. The molecule has 4 nitrogen and oxygen atoms in total. The zero-order chi connectivity index (χ0) is 59.4. The van der Waals surface area contributed by atoms with E-state index in [4.69, 9.17) is 8.83 Å². The van der Waals surface area contributed by atoms with Gasteiger partial charge in [-0.2, -0.15) is 0 Å². The van der Waals surface area contributed by atoms with Crippen molar-refractivity contribution >= 4 is 110 Å². The number of nitrogens with zero attached hydrogens (tertiary/aromatic N) is 2. The molecule has 0 atom stereocenters. The van der Waals surface area contributed by atoms with Crippen LogP contribution in [-0.4, -0.2) is 0 Å². The van der Waals surface area contributed by atoms with Crippen molar-refractivity contribution in [1.29, 1.82) is 0 Å². The maximum atomic E-state index is 7.34. The van der Waals surface area contributed by atoms with Crippen molar-refractivity contribution in [3.63, 3.8) is 0 Å². The molecule has 422 valence electrons. The van der Waals surface area contributed by atoms with Gasteiger partial charge in [0.1, 0.15) is 11.2 Å². The van der Waals surface area contributed by atoms with E-state index in [2.05, 4.69) is 330 Å². The Morgan fingerprint density at radius 3 is 0.875 bits per heavy atom. The summed E-state index contributed by atoms with van der Waals surface area (Å²) in [5, 5.41) is 11.3.